The van der Waals surface area contributed by atoms with Gasteiger partial charge in [-0.2, -0.15) is 0 Å². The maximum Gasteiger partial charge on any atom is 0.191 e. The molecule has 0 aromatic rings. The summed E-state index contributed by atoms with van der Waals surface area (Å²) < 4.78 is 23.4. The molecule has 0 amide bonds. The zero-order valence-electron chi connectivity index (χ0n) is 15.8. The van der Waals surface area contributed by atoms with Crippen LogP contribution in [0, 0.1) is 5.92 Å². The van der Waals surface area contributed by atoms with Crippen molar-refractivity contribution < 1.29 is 8.42 Å². The van der Waals surface area contributed by atoms with Crippen LogP contribution in [0.15, 0.2) is 4.99 Å². The molecule has 2 aliphatic carbocycles. The van der Waals surface area contributed by atoms with E-state index in [1.807, 2.05) is 0 Å². The van der Waals surface area contributed by atoms with Crippen LogP contribution in [-0.4, -0.2) is 68.5 Å². The van der Waals surface area contributed by atoms with Gasteiger partial charge < -0.3 is 10.6 Å². The summed E-state index contributed by atoms with van der Waals surface area (Å²) in [5.74, 6) is 1.76. The molecule has 2 unspecified atom stereocenters. The van der Waals surface area contributed by atoms with Crippen molar-refractivity contribution in [3.8, 4) is 0 Å². The highest BCUT2D eigenvalue weighted by molar-refractivity contribution is 7.91. The fraction of sp³-hybridized carbons (Fsp3) is 0.947. The summed E-state index contributed by atoms with van der Waals surface area (Å²) in [7, 11) is -2.82. The Morgan fingerprint density at radius 1 is 0.962 bits per heavy atom. The Kier molecular flexibility index (Phi) is 5.74. The van der Waals surface area contributed by atoms with Crippen LogP contribution in [0.3, 0.4) is 0 Å². The SMILES string of the molecule is O=S1(=O)CCC(CN=C(NC2CCCCC2)NC2CCN(C3CC3)C2)C1. The second-order valence-electron chi connectivity index (χ2n) is 8.79. The Hall–Kier alpha value is -0.820. The maximum atomic E-state index is 11.7. The molecule has 4 fully saturated rings. The zero-order valence-corrected chi connectivity index (χ0v) is 16.6. The van der Waals surface area contributed by atoms with Gasteiger partial charge in [-0.15, -0.1) is 0 Å². The van der Waals surface area contributed by atoms with Crippen molar-refractivity contribution in [2.45, 2.75) is 75.9 Å². The smallest absolute Gasteiger partial charge is 0.191 e. The van der Waals surface area contributed by atoms with E-state index >= 15 is 0 Å². The molecule has 4 rings (SSSR count). The molecule has 7 heteroatoms. The molecule has 4 aliphatic rings. The largest absolute Gasteiger partial charge is 0.354 e. The molecule has 2 aliphatic heterocycles. The van der Waals surface area contributed by atoms with Crippen LogP contribution in [0.25, 0.3) is 0 Å². The van der Waals surface area contributed by atoms with E-state index in [4.69, 9.17) is 4.99 Å². The van der Waals surface area contributed by atoms with Crippen molar-refractivity contribution in [1.82, 2.24) is 15.5 Å². The third kappa shape index (κ3) is 5.12. The summed E-state index contributed by atoms with van der Waals surface area (Å²) in [5, 5.41) is 7.33. The van der Waals surface area contributed by atoms with Crippen molar-refractivity contribution in [1.29, 1.82) is 0 Å². The molecule has 2 atom stereocenters. The summed E-state index contributed by atoms with van der Waals surface area (Å²) in [6.07, 6.45) is 11.1. The minimum absolute atomic E-state index is 0.191. The van der Waals surface area contributed by atoms with E-state index in [-0.39, 0.29) is 5.92 Å². The van der Waals surface area contributed by atoms with Gasteiger partial charge in [-0.3, -0.25) is 9.89 Å². The third-order valence-corrected chi connectivity index (χ3v) is 8.24. The van der Waals surface area contributed by atoms with Crippen LogP contribution in [0.5, 0.6) is 0 Å². The number of sulfone groups is 1. The highest BCUT2D eigenvalue weighted by atomic mass is 32.2. The molecule has 0 spiro atoms. The fourth-order valence-corrected chi connectivity index (χ4v) is 6.53. The van der Waals surface area contributed by atoms with Gasteiger partial charge in [0.15, 0.2) is 15.8 Å². The van der Waals surface area contributed by atoms with E-state index in [9.17, 15) is 8.42 Å². The molecule has 26 heavy (non-hydrogen) atoms. The predicted molar refractivity (Wildman–Crippen MR) is 105 cm³/mol. The van der Waals surface area contributed by atoms with Gasteiger partial charge in [0.05, 0.1) is 11.5 Å². The van der Waals surface area contributed by atoms with Crippen LogP contribution in [0.1, 0.15) is 57.8 Å². The van der Waals surface area contributed by atoms with Gasteiger partial charge in [0.25, 0.3) is 0 Å². The molecular weight excluding hydrogens is 348 g/mol. The molecule has 2 saturated carbocycles. The lowest BCUT2D eigenvalue weighted by Gasteiger charge is -2.27. The quantitative estimate of drug-likeness (QED) is 0.557. The van der Waals surface area contributed by atoms with Crippen molar-refractivity contribution in [3.05, 3.63) is 0 Å². The predicted octanol–water partition coefficient (Wildman–Crippen LogP) is 1.53. The molecule has 2 N–H and O–H groups in total. The first-order valence-corrected chi connectivity index (χ1v) is 12.4. The number of likely N-dealkylation sites (tertiary alicyclic amines) is 1. The highest BCUT2D eigenvalue weighted by Crippen LogP contribution is 2.29. The molecule has 0 aromatic carbocycles. The topological polar surface area (TPSA) is 73.8 Å². The normalized spacial score (nSPS) is 33.5. The lowest BCUT2D eigenvalue weighted by Crippen LogP contribution is -2.49. The standard InChI is InChI=1S/C19H34N4O2S/c24-26(25)11-9-15(14-26)12-20-19(21-16-4-2-1-3-5-16)22-17-8-10-23(13-17)18-6-7-18/h15-18H,1-14H2,(H2,20,21,22). The summed E-state index contributed by atoms with van der Waals surface area (Å²) >= 11 is 0. The van der Waals surface area contributed by atoms with E-state index in [0.717, 1.165) is 25.0 Å². The van der Waals surface area contributed by atoms with Crippen LogP contribution in [-0.2, 0) is 9.84 Å². The Labute approximate surface area is 158 Å². The molecule has 2 saturated heterocycles. The van der Waals surface area contributed by atoms with E-state index in [0.29, 0.717) is 30.1 Å². The van der Waals surface area contributed by atoms with E-state index in [1.54, 1.807) is 0 Å². The van der Waals surface area contributed by atoms with Crippen molar-refractivity contribution in [2.24, 2.45) is 10.9 Å². The van der Waals surface area contributed by atoms with Crippen LogP contribution in [0.4, 0.5) is 0 Å². The van der Waals surface area contributed by atoms with Gasteiger partial charge in [0.1, 0.15) is 0 Å². The van der Waals surface area contributed by atoms with Crippen molar-refractivity contribution in [3.63, 3.8) is 0 Å². The first kappa shape index (κ1) is 18.5. The van der Waals surface area contributed by atoms with Gasteiger partial charge in [0.2, 0.25) is 0 Å². The van der Waals surface area contributed by atoms with Crippen LogP contribution >= 0.6 is 0 Å². The first-order valence-electron chi connectivity index (χ1n) is 10.6. The van der Waals surface area contributed by atoms with E-state index < -0.39 is 9.84 Å². The number of hydrogen-bond donors (Lipinski definition) is 2. The number of nitrogens with zero attached hydrogens (tertiary/aromatic N) is 2. The fourth-order valence-electron chi connectivity index (χ4n) is 4.68. The molecule has 0 bridgehead atoms. The maximum absolute atomic E-state index is 11.7. The van der Waals surface area contributed by atoms with Crippen molar-refractivity contribution in [2.75, 3.05) is 31.1 Å². The van der Waals surface area contributed by atoms with Crippen LogP contribution < -0.4 is 10.6 Å². The lowest BCUT2D eigenvalue weighted by atomic mass is 9.96. The minimum atomic E-state index is -2.82. The van der Waals surface area contributed by atoms with Gasteiger partial charge in [-0.1, -0.05) is 19.3 Å². The average Bonchev–Trinajstić information content (AvgIpc) is 3.27. The molecule has 0 radical (unpaired) electrons. The lowest BCUT2D eigenvalue weighted by molar-refractivity contribution is 0.321. The summed E-state index contributed by atoms with van der Waals surface area (Å²) in [6, 6.07) is 1.82. The summed E-state index contributed by atoms with van der Waals surface area (Å²) in [5.41, 5.74) is 0. The Morgan fingerprint density at radius 2 is 1.73 bits per heavy atom. The van der Waals surface area contributed by atoms with Gasteiger partial charge in [-0.25, -0.2) is 8.42 Å². The molecular formula is C19H34N4O2S. The van der Waals surface area contributed by atoms with E-state index in [2.05, 4.69) is 15.5 Å². The second kappa shape index (κ2) is 8.05. The molecule has 148 valence electrons. The Morgan fingerprint density at radius 3 is 2.42 bits per heavy atom. The average molecular weight is 383 g/mol. The van der Waals surface area contributed by atoms with Crippen LogP contribution in [0.2, 0.25) is 0 Å². The number of aliphatic imine (C=N–C) groups is 1. The Balaban J connectivity index is 1.34. The molecule has 6 nitrogen and oxygen atoms in total. The zero-order chi connectivity index (χ0) is 18.0. The van der Waals surface area contributed by atoms with Gasteiger partial charge in [-0.05, 0) is 44.4 Å². The van der Waals surface area contributed by atoms with Gasteiger partial charge >= 0.3 is 0 Å². The molecule has 0 aromatic heterocycles. The summed E-state index contributed by atoms with van der Waals surface area (Å²) in [4.78, 5) is 7.44. The molecule has 2 heterocycles. The van der Waals surface area contributed by atoms with Gasteiger partial charge in [0, 0.05) is 37.8 Å². The van der Waals surface area contributed by atoms with E-state index in [1.165, 1.54) is 57.9 Å². The van der Waals surface area contributed by atoms with Crippen molar-refractivity contribution >= 4 is 15.8 Å². The third-order valence-electron chi connectivity index (χ3n) is 6.40. The second-order valence-corrected chi connectivity index (χ2v) is 11.0. The Bertz CT molecular complexity index is 611. The summed E-state index contributed by atoms with van der Waals surface area (Å²) in [6.45, 7) is 2.94. The minimum Gasteiger partial charge on any atom is -0.354 e. The first-order chi connectivity index (χ1) is 12.6. The highest BCUT2D eigenvalue weighted by Gasteiger charge is 2.35. The number of nitrogens with one attached hydrogen (secondary N) is 2. The number of rotatable bonds is 5. The number of hydrogen-bond acceptors (Lipinski definition) is 4. The number of guanidine groups is 1. The monoisotopic (exact) mass is 382 g/mol.